The van der Waals surface area contributed by atoms with E-state index in [0.29, 0.717) is 12.3 Å². The molecular weight excluding hydrogens is 238 g/mol. The molecule has 0 aliphatic rings. The van der Waals surface area contributed by atoms with Gasteiger partial charge >= 0.3 is 0 Å². The average Bonchev–Trinajstić information content (AvgIpc) is 2.46. The Labute approximate surface area is 114 Å². The van der Waals surface area contributed by atoms with Gasteiger partial charge in [0.05, 0.1) is 7.11 Å². The van der Waals surface area contributed by atoms with Crippen molar-refractivity contribution in [3.63, 3.8) is 0 Å². The third-order valence-electron chi connectivity index (χ3n) is 3.04. The third-order valence-corrected chi connectivity index (χ3v) is 3.04. The van der Waals surface area contributed by atoms with E-state index in [4.69, 9.17) is 15.2 Å². The fraction of sp³-hybridized carbons (Fsp3) is 0.250. The maximum Gasteiger partial charge on any atom is 0.127 e. The van der Waals surface area contributed by atoms with Gasteiger partial charge in [-0.2, -0.15) is 0 Å². The smallest absolute Gasteiger partial charge is 0.127 e. The van der Waals surface area contributed by atoms with Crippen LogP contribution in [-0.4, -0.2) is 7.11 Å². The Balaban J connectivity index is 2.05. The SMILES string of the molecule is CCc1ccc(OCc2ccc(N)cc2OC)cc1. The largest absolute Gasteiger partial charge is 0.496 e. The topological polar surface area (TPSA) is 44.5 Å². The molecule has 0 spiro atoms. The molecule has 0 unspecified atom stereocenters. The van der Waals surface area contributed by atoms with Crippen LogP contribution in [-0.2, 0) is 13.0 Å². The number of rotatable bonds is 5. The monoisotopic (exact) mass is 257 g/mol. The average molecular weight is 257 g/mol. The van der Waals surface area contributed by atoms with Crippen LogP contribution >= 0.6 is 0 Å². The first kappa shape index (κ1) is 13.3. The lowest BCUT2D eigenvalue weighted by Gasteiger charge is -2.11. The van der Waals surface area contributed by atoms with E-state index in [1.54, 1.807) is 13.2 Å². The summed E-state index contributed by atoms with van der Waals surface area (Å²) in [6.45, 7) is 2.60. The molecule has 2 rings (SSSR count). The van der Waals surface area contributed by atoms with Gasteiger partial charge in [0, 0.05) is 17.3 Å². The van der Waals surface area contributed by atoms with Gasteiger partial charge in [-0.3, -0.25) is 0 Å². The van der Waals surface area contributed by atoms with Crippen LogP contribution in [0.2, 0.25) is 0 Å². The Kier molecular flexibility index (Phi) is 4.29. The molecule has 3 nitrogen and oxygen atoms in total. The summed E-state index contributed by atoms with van der Waals surface area (Å²) < 4.78 is 11.0. The van der Waals surface area contributed by atoms with Gasteiger partial charge in [-0.15, -0.1) is 0 Å². The van der Waals surface area contributed by atoms with Crippen molar-refractivity contribution in [3.8, 4) is 11.5 Å². The molecule has 0 saturated carbocycles. The minimum atomic E-state index is 0.467. The molecule has 0 saturated heterocycles. The Morgan fingerprint density at radius 2 is 1.79 bits per heavy atom. The van der Waals surface area contributed by atoms with Crippen molar-refractivity contribution < 1.29 is 9.47 Å². The molecule has 100 valence electrons. The quantitative estimate of drug-likeness (QED) is 0.835. The van der Waals surface area contributed by atoms with Gasteiger partial charge in [0.2, 0.25) is 0 Å². The zero-order valence-electron chi connectivity index (χ0n) is 11.3. The number of methoxy groups -OCH3 is 1. The summed E-state index contributed by atoms with van der Waals surface area (Å²) in [5.74, 6) is 1.61. The van der Waals surface area contributed by atoms with E-state index in [1.165, 1.54) is 5.56 Å². The maximum atomic E-state index is 5.75. The first-order chi connectivity index (χ1) is 9.22. The Hall–Kier alpha value is -2.16. The Morgan fingerprint density at radius 3 is 2.42 bits per heavy atom. The summed E-state index contributed by atoms with van der Waals surface area (Å²) in [6.07, 6.45) is 1.03. The summed E-state index contributed by atoms with van der Waals surface area (Å²) in [5.41, 5.74) is 8.70. The van der Waals surface area contributed by atoms with Crippen LogP contribution < -0.4 is 15.2 Å². The predicted octanol–water partition coefficient (Wildman–Crippen LogP) is 3.42. The molecule has 0 bridgehead atoms. The van der Waals surface area contributed by atoms with Crippen LogP contribution in [0.15, 0.2) is 42.5 Å². The molecular formula is C16H19NO2. The summed E-state index contributed by atoms with van der Waals surface area (Å²) in [7, 11) is 1.63. The standard InChI is InChI=1S/C16H19NO2/c1-3-12-4-8-15(9-5-12)19-11-13-6-7-14(17)10-16(13)18-2/h4-10H,3,11,17H2,1-2H3. The molecule has 2 N–H and O–H groups in total. The number of hydrogen-bond donors (Lipinski definition) is 1. The number of nitrogen functional groups attached to an aromatic ring is 1. The van der Waals surface area contributed by atoms with E-state index in [1.807, 2.05) is 24.3 Å². The molecule has 0 amide bonds. The first-order valence-corrected chi connectivity index (χ1v) is 6.37. The molecule has 0 aliphatic heterocycles. The van der Waals surface area contributed by atoms with Crippen molar-refractivity contribution in [2.75, 3.05) is 12.8 Å². The minimum Gasteiger partial charge on any atom is -0.496 e. The zero-order valence-corrected chi connectivity index (χ0v) is 11.3. The van der Waals surface area contributed by atoms with Crippen molar-refractivity contribution in [1.82, 2.24) is 0 Å². The van der Waals surface area contributed by atoms with E-state index in [-0.39, 0.29) is 0 Å². The summed E-state index contributed by atoms with van der Waals surface area (Å²) in [6, 6.07) is 13.7. The highest BCUT2D eigenvalue weighted by Gasteiger charge is 2.04. The molecule has 2 aromatic carbocycles. The second-order valence-electron chi connectivity index (χ2n) is 4.36. The van der Waals surface area contributed by atoms with E-state index < -0.39 is 0 Å². The van der Waals surface area contributed by atoms with Crippen LogP contribution in [0.4, 0.5) is 5.69 Å². The van der Waals surface area contributed by atoms with E-state index in [9.17, 15) is 0 Å². The fourth-order valence-corrected chi connectivity index (χ4v) is 1.86. The summed E-state index contributed by atoms with van der Waals surface area (Å²) in [4.78, 5) is 0. The zero-order chi connectivity index (χ0) is 13.7. The fourth-order valence-electron chi connectivity index (χ4n) is 1.86. The molecule has 0 atom stereocenters. The van der Waals surface area contributed by atoms with Crippen LogP contribution in [0.1, 0.15) is 18.1 Å². The molecule has 19 heavy (non-hydrogen) atoms. The first-order valence-electron chi connectivity index (χ1n) is 6.37. The van der Waals surface area contributed by atoms with E-state index in [2.05, 4.69) is 19.1 Å². The number of aryl methyl sites for hydroxylation is 1. The third kappa shape index (κ3) is 3.41. The second kappa shape index (κ2) is 6.14. The summed E-state index contributed by atoms with van der Waals surface area (Å²) in [5, 5.41) is 0. The van der Waals surface area contributed by atoms with Gasteiger partial charge in [0.25, 0.3) is 0 Å². The molecule has 0 aliphatic carbocycles. The Bertz CT molecular complexity index is 535. The van der Waals surface area contributed by atoms with Crippen LogP contribution in [0, 0.1) is 0 Å². The van der Waals surface area contributed by atoms with Gasteiger partial charge in [0.1, 0.15) is 18.1 Å². The normalized spacial score (nSPS) is 10.2. The van der Waals surface area contributed by atoms with Gasteiger partial charge in [-0.05, 0) is 36.2 Å². The molecule has 0 radical (unpaired) electrons. The highest BCUT2D eigenvalue weighted by atomic mass is 16.5. The Morgan fingerprint density at radius 1 is 1.05 bits per heavy atom. The number of ether oxygens (including phenoxy) is 2. The molecule has 2 aromatic rings. The van der Waals surface area contributed by atoms with Gasteiger partial charge in [-0.25, -0.2) is 0 Å². The van der Waals surface area contributed by atoms with Crippen molar-refractivity contribution in [2.45, 2.75) is 20.0 Å². The number of benzene rings is 2. The minimum absolute atomic E-state index is 0.467. The lowest BCUT2D eigenvalue weighted by molar-refractivity contribution is 0.296. The molecule has 0 aromatic heterocycles. The second-order valence-corrected chi connectivity index (χ2v) is 4.36. The van der Waals surface area contributed by atoms with Crippen molar-refractivity contribution in [3.05, 3.63) is 53.6 Å². The highest BCUT2D eigenvalue weighted by Crippen LogP contribution is 2.23. The van der Waals surface area contributed by atoms with Gasteiger partial charge < -0.3 is 15.2 Å². The number of anilines is 1. The van der Waals surface area contributed by atoms with Crippen LogP contribution in [0.5, 0.6) is 11.5 Å². The van der Waals surface area contributed by atoms with Crippen molar-refractivity contribution in [2.24, 2.45) is 0 Å². The molecule has 0 fully saturated rings. The van der Waals surface area contributed by atoms with Crippen LogP contribution in [0.3, 0.4) is 0 Å². The number of hydrogen-bond acceptors (Lipinski definition) is 3. The van der Waals surface area contributed by atoms with Crippen molar-refractivity contribution >= 4 is 5.69 Å². The van der Waals surface area contributed by atoms with E-state index >= 15 is 0 Å². The van der Waals surface area contributed by atoms with Crippen molar-refractivity contribution in [1.29, 1.82) is 0 Å². The van der Waals surface area contributed by atoms with Crippen LogP contribution in [0.25, 0.3) is 0 Å². The maximum absolute atomic E-state index is 5.75. The lowest BCUT2D eigenvalue weighted by atomic mass is 10.1. The van der Waals surface area contributed by atoms with E-state index in [0.717, 1.165) is 23.5 Å². The lowest BCUT2D eigenvalue weighted by Crippen LogP contribution is -1.99. The molecule has 0 heterocycles. The molecule has 3 heteroatoms. The highest BCUT2D eigenvalue weighted by molar-refractivity contribution is 5.48. The number of nitrogens with two attached hydrogens (primary N) is 1. The summed E-state index contributed by atoms with van der Waals surface area (Å²) >= 11 is 0. The van der Waals surface area contributed by atoms with Gasteiger partial charge in [0.15, 0.2) is 0 Å². The predicted molar refractivity (Wildman–Crippen MR) is 77.6 cm³/mol. The van der Waals surface area contributed by atoms with Gasteiger partial charge in [-0.1, -0.05) is 19.1 Å².